The molecule has 1 amide bonds. The Balaban J connectivity index is 0.000000271. The number of ether oxygens (including phenoxy) is 1. The van der Waals surface area contributed by atoms with Crippen LogP contribution in [0, 0.1) is 20.8 Å². The number of benzene rings is 3. The fraction of sp³-hybridized carbons (Fsp3) is 0.455. The van der Waals surface area contributed by atoms with Crippen LogP contribution in [0.5, 0.6) is 0 Å². The monoisotopic (exact) mass is 1320 g/mol. The van der Waals surface area contributed by atoms with E-state index in [-0.39, 0.29) is 124 Å². The summed E-state index contributed by atoms with van der Waals surface area (Å²) in [4.78, 5) is 80.0. The molecule has 3 aromatic carbocycles. The van der Waals surface area contributed by atoms with E-state index in [1.54, 1.807) is 24.1 Å². The van der Waals surface area contributed by atoms with Crippen LogP contribution in [0.25, 0.3) is 54.8 Å². The van der Waals surface area contributed by atoms with E-state index in [2.05, 4.69) is 29.9 Å². The van der Waals surface area contributed by atoms with Crippen LogP contribution in [0.3, 0.4) is 0 Å². The summed E-state index contributed by atoms with van der Waals surface area (Å²) in [7, 11) is 1.37. The number of aryl methyl sites for hydroxylation is 3. The number of para-hydroxylation sites is 3. The predicted molar refractivity (Wildman–Crippen MR) is 357 cm³/mol. The summed E-state index contributed by atoms with van der Waals surface area (Å²) in [6, 6.07) is 24.7. The van der Waals surface area contributed by atoms with Gasteiger partial charge in [-0.1, -0.05) is 115 Å². The summed E-state index contributed by atoms with van der Waals surface area (Å²) in [5, 5.41) is 22.8. The number of halogens is 1. The fourth-order valence-corrected chi connectivity index (χ4v) is 13.8. The zero-order valence-corrected chi connectivity index (χ0v) is 53.5. The Morgan fingerprint density at radius 1 is 0.598 bits per heavy atom. The van der Waals surface area contributed by atoms with Crippen LogP contribution >= 0.6 is 24.0 Å². The molecule has 3 aliphatic carbocycles. The first kappa shape index (κ1) is 71.6. The molecular weight excluding hydrogens is 1230 g/mol. The number of nitrogens with zero attached hydrogens (tertiary/aromatic N) is 8. The molecule has 4 aliphatic rings. The zero-order chi connectivity index (χ0) is 58.1. The number of aromatic nitrogens is 6. The number of nitrogens with two attached hydrogens (primary N) is 1. The van der Waals surface area contributed by atoms with Crippen LogP contribution in [-0.2, 0) is 4.74 Å². The molecule has 3 saturated carbocycles. The minimum Gasteiger partial charge on any atom is -0.488 e. The number of esters is 1. The number of hydrogen-bond acceptors (Lipinski definition) is 10. The van der Waals surface area contributed by atoms with E-state index in [4.69, 9.17) is 9.94 Å². The van der Waals surface area contributed by atoms with E-state index >= 15 is 0 Å². The number of likely N-dealkylation sites (tertiary alicyclic amines) is 1. The molecule has 0 spiro atoms. The number of rotatable bonds is 9. The van der Waals surface area contributed by atoms with Gasteiger partial charge in [-0.15, -0.1) is 24.0 Å². The number of carboxylic acids is 1. The number of carboxylic acid groups (broad SMARTS) is 1. The Labute approximate surface area is 549 Å². The van der Waals surface area contributed by atoms with Gasteiger partial charge in [-0.25, -0.2) is 9.59 Å². The van der Waals surface area contributed by atoms with Crippen LogP contribution in [0.1, 0.15) is 194 Å². The van der Waals surface area contributed by atoms with Crippen LogP contribution < -0.4 is 57.4 Å². The van der Waals surface area contributed by atoms with Gasteiger partial charge in [-0.05, 0) is 127 Å². The van der Waals surface area contributed by atoms with Crippen molar-refractivity contribution in [2.45, 2.75) is 177 Å². The maximum absolute atomic E-state index is 13.6. The Bertz CT molecular complexity index is 4090. The van der Waals surface area contributed by atoms with Gasteiger partial charge in [0.25, 0.3) is 22.6 Å². The van der Waals surface area contributed by atoms with Crippen LogP contribution in [-0.4, -0.2) is 92.2 Å². The molecule has 1 saturated heterocycles. The first-order valence-electron chi connectivity index (χ1n) is 29.0. The molecule has 0 bridgehead atoms. The number of carbonyl (C=O) groups is 3. The van der Waals surface area contributed by atoms with Gasteiger partial charge < -0.3 is 45.5 Å². The van der Waals surface area contributed by atoms with Crippen molar-refractivity contribution in [2.75, 3.05) is 20.2 Å². The van der Waals surface area contributed by atoms with Gasteiger partial charge in [0.1, 0.15) is 33.6 Å². The molecule has 13 rings (SSSR count). The fourth-order valence-electron chi connectivity index (χ4n) is 13.8. The third-order valence-electron chi connectivity index (χ3n) is 17.8. The second kappa shape index (κ2) is 30.9. The van der Waals surface area contributed by atoms with E-state index < -0.39 is 11.9 Å². The molecule has 1 aliphatic heterocycles. The van der Waals surface area contributed by atoms with Crippen molar-refractivity contribution in [2.24, 2.45) is 5.84 Å². The number of amides is 1. The average molecular weight is 1320 g/mol. The Morgan fingerprint density at radius 3 is 1.29 bits per heavy atom. The quantitative estimate of drug-likeness (QED) is 0.0349. The van der Waals surface area contributed by atoms with E-state index in [0.29, 0.717) is 46.6 Å². The topological polar surface area (TPSA) is 236 Å². The van der Waals surface area contributed by atoms with Gasteiger partial charge in [0, 0.05) is 72.9 Å². The number of methoxy groups -OCH3 is 1. The summed E-state index contributed by atoms with van der Waals surface area (Å²) in [6.45, 7) is 12.0. The van der Waals surface area contributed by atoms with Gasteiger partial charge in [0.15, 0.2) is 0 Å². The van der Waals surface area contributed by atoms with Crippen molar-refractivity contribution in [3.8, 4) is 0 Å². The molecular formula is C66H90IN10NaO9. The van der Waals surface area contributed by atoms with Crippen molar-refractivity contribution in [1.82, 2.24) is 37.1 Å². The number of nitrogens with one attached hydrogen (secondary N) is 1. The summed E-state index contributed by atoms with van der Waals surface area (Å²) in [5.74, 6) is 2.49. The normalized spacial score (nSPS) is 16.0. The van der Waals surface area contributed by atoms with Crippen molar-refractivity contribution in [3.63, 3.8) is 0 Å². The van der Waals surface area contributed by atoms with Crippen molar-refractivity contribution in [3.05, 3.63) is 162 Å². The standard InChI is InChI=1S/C26H34N4O2.C19H20N2O3.C18H18N2O3.3CH4.HI.H3N2O.Na.H2/c1-17(2)28-14-8-11-20(28)15-27-25(31)23-16-29(19-9-4-5-10-19)26(32)24-18(3)21-12-6-7-13-22(21)30(23)24;1-12-14-9-5-6-10-15(14)21-16(19(23)24-2)11-20(18(22)17(12)21)13-7-3-4-8-13;1-11-13-8-4-5-9-14(13)20-15(18(22)23)10-19(17(21)16(11)20)12-6-2-3-7-12;;;;;1-2-3;;/h6-7,12-13,16-17,19-20H,4-5,8-11,14-15H2,1-3H3,(H,27,31);5-6,9-11,13H,3-4,7-8H2,1-2H3;4-5,8-10,12H,2-3,6-7H2,1H3,(H,22,23);3*1H4;1H;3H,1H2;;1H/q;;;;;;;-1;+1;/t20-;;;;;;;;;/m0........./s1. The van der Waals surface area contributed by atoms with Crippen molar-refractivity contribution >= 4 is 91.1 Å². The summed E-state index contributed by atoms with van der Waals surface area (Å²) in [6.07, 6.45) is 19.9. The maximum Gasteiger partial charge on any atom is 1.00 e. The zero-order valence-electron chi connectivity index (χ0n) is 49.2. The van der Waals surface area contributed by atoms with Crippen LogP contribution in [0.4, 0.5) is 0 Å². The minimum atomic E-state index is -1.01. The largest absolute Gasteiger partial charge is 1.00 e. The summed E-state index contributed by atoms with van der Waals surface area (Å²) >= 11 is 0. The number of aromatic carboxylic acids is 1. The molecule has 7 heterocycles. The smallest absolute Gasteiger partial charge is 0.488 e. The molecule has 0 unspecified atom stereocenters. The molecule has 4 fully saturated rings. The second-order valence-corrected chi connectivity index (χ2v) is 22.7. The second-order valence-electron chi connectivity index (χ2n) is 22.7. The van der Waals surface area contributed by atoms with Gasteiger partial charge in [0.2, 0.25) is 0 Å². The van der Waals surface area contributed by atoms with Crippen molar-refractivity contribution < 1.29 is 60.4 Å². The van der Waals surface area contributed by atoms with E-state index in [1.165, 1.54) is 19.7 Å². The average Bonchev–Trinajstić information content (AvgIpc) is 1.60. The molecule has 21 heteroatoms. The van der Waals surface area contributed by atoms with E-state index in [0.717, 1.165) is 139 Å². The van der Waals surface area contributed by atoms with Gasteiger partial charge in [-0.2, -0.15) is 0 Å². The molecule has 19 nitrogen and oxygen atoms in total. The van der Waals surface area contributed by atoms with Gasteiger partial charge in [0.05, 0.1) is 23.7 Å². The van der Waals surface area contributed by atoms with Gasteiger partial charge >= 0.3 is 41.5 Å². The van der Waals surface area contributed by atoms with Crippen molar-refractivity contribution in [1.29, 1.82) is 0 Å². The summed E-state index contributed by atoms with van der Waals surface area (Å²) < 4.78 is 15.5. The first-order valence-corrected chi connectivity index (χ1v) is 29.0. The Hall–Kier alpha value is -6.11. The third-order valence-corrected chi connectivity index (χ3v) is 17.8. The SMILES string of the molecule is C.C.C.COC(=O)c1cn(C2CCCC2)c(=O)c2c(C)c3ccccc3n12.Cc1c2ccccc2n2c(C(=O)NC[C@@H]3CCCN3C(C)C)cn(C3CCCC3)c(=O)c12.Cc1c2ccccc2n2c(C(=O)O)cn(C3CCCC3)c(=O)c12.I.N[N-]O.[HH].[Na+]. The maximum atomic E-state index is 13.6. The van der Waals surface area contributed by atoms with Gasteiger partial charge in [-0.3, -0.25) is 37.3 Å². The third kappa shape index (κ3) is 13.6. The minimum absolute atomic E-state index is 0. The number of hydrogen-bond donors (Lipinski definition) is 4. The van der Waals surface area contributed by atoms with E-state index in [9.17, 15) is 33.9 Å². The molecule has 5 N–H and O–H groups in total. The molecule has 87 heavy (non-hydrogen) atoms. The molecule has 9 aromatic rings. The Kier molecular flexibility index (Phi) is 25.4. The van der Waals surface area contributed by atoms with Crippen LogP contribution in [0.15, 0.2) is 106 Å². The number of carbonyl (C=O) groups excluding carboxylic acids is 2. The van der Waals surface area contributed by atoms with Crippen LogP contribution in [0.2, 0.25) is 0 Å². The summed E-state index contributed by atoms with van der Waals surface area (Å²) in [5.41, 5.74) is 9.98. The predicted octanol–water partition coefficient (Wildman–Crippen LogP) is 10.5. The first-order chi connectivity index (χ1) is 39.6. The molecule has 466 valence electrons. The molecule has 6 aromatic heterocycles. The molecule has 1 atom stereocenters. The molecule has 0 radical (unpaired) electrons. The number of fused-ring (bicyclic) bond motifs is 9. The van der Waals surface area contributed by atoms with E-state index in [1.807, 2.05) is 114 Å². The Morgan fingerprint density at radius 2 is 0.931 bits per heavy atom.